The van der Waals surface area contributed by atoms with E-state index < -0.39 is 79.0 Å². The number of nitriles is 1. The van der Waals surface area contributed by atoms with Crippen LogP contribution in [0.15, 0.2) is 84.9 Å². The number of fused-ring (bicyclic) bond motifs is 1. The van der Waals surface area contributed by atoms with E-state index in [4.69, 9.17) is 42.6 Å². The van der Waals surface area contributed by atoms with Crippen molar-refractivity contribution >= 4 is 17.9 Å². The van der Waals surface area contributed by atoms with Gasteiger partial charge in [-0.15, -0.1) is 0 Å². The molecule has 3 saturated heterocycles. The third kappa shape index (κ3) is 8.67. The van der Waals surface area contributed by atoms with Crippen molar-refractivity contribution in [1.82, 2.24) is 0 Å². The van der Waals surface area contributed by atoms with E-state index in [2.05, 4.69) is 6.07 Å². The van der Waals surface area contributed by atoms with Gasteiger partial charge in [0.15, 0.2) is 24.5 Å². The summed E-state index contributed by atoms with van der Waals surface area (Å²) in [5, 5.41) is 9.46. The maximum absolute atomic E-state index is 13.5. The first-order chi connectivity index (χ1) is 25.0. The van der Waals surface area contributed by atoms with Crippen LogP contribution in [0.2, 0.25) is 0 Å². The molecular weight excluding hydrogens is 674 g/mol. The highest BCUT2D eigenvalue weighted by molar-refractivity contribution is 5.90. The third-order valence-corrected chi connectivity index (χ3v) is 8.97. The van der Waals surface area contributed by atoms with E-state index in [9.17, 15) is 19.6 Å². The van der Waals surface area contributed by atoms with Crippen molar-refractivity contribution in [2.24, 2.45) is 0 Å². The first-order valence-electron chi connectivity index (χ1n) is 17.1. The van der Waals surface area contributed by atoms with E-state index in [1.165, 1.54) is 7.11 Å². The minimum Gasteiger partial charge on any atom is -0.463 e. The van der Waals surface area contributed by atoms with Crippen LogP contribution in [0.1, 0.15) is 59.0 Å². The third-order valence-electron chi connectivity index (χ3n) is 8.97. The smallest absolute Gasteiger partial charge is 0.338 e. The van der Waals surface area contributed by atoms with Gasteiger partial charge in [-0.25, -0.2) is 9.59 Å². The molecule has 13 heteroatoms. The second-order valence-electron chi connectivity index (χ2n) is 13.1. The van der Waals surface area contributed by atoms with Crippen LogP contribution in [0.4, 0.5) is 0 Å². The minimum absolute atomic E-state index is 0.0194. The van der Waals surface area contributed by atoms with Gasteiger partial charge in [-0.05, 0) is 56.7 Å². The molecule has 3 aliphatic rings. The van der Waals surface area contributed by atoms with Crippen molar-refractivity contribution in [3.8, 4) is 6.07 Å². The average molecular weight is 716 g/mol. The van der Waals surface area contributed by atoms with Crippen molar-refractivity contribution in [3.63, 3.8) is 0 Å². The lowest BCUT2D eigenvalue weighted by Gasteiger charge is -2.45. The van der Waals surface area contributed by atoms with E-state index in [1.807, 2.05) is 0 Å². The van der Waals surface area contributed by atoms with Gasteiger partial charge < -0.3 is 42.6 Å². The zero-order valence-electron chi connectivity index (χ0n) is 29.2. The number of hydrogen-bond donors (Lipinski definition) is 0. The Morgan fingerprint density at radius 1 is 0.808 bits per heavy atom. The zero-order valence-corrected chi connectivity index (χ0v) is 29.2. The Labute approximate surface area is 301 Å². The van der Waals surface area contributed by atoms with Crippen LogP contribution in [0.25, 0.3) is 0 Å². The van der Waals surface area contributed by atoms with E-state index in [0.29, 0.717) is 11.1 Å². The van der Waals surface area contributed by atoms with E-state index >= 15 is 0 Å². The Bertz CT molecular complexity index is 1740. The molecule has 0 bridgehead atoms. The minimum atomic E-state index is -1.36. The molecule has 9 atom stereocenters. The molecule has 3 aliphatic heterocycles. The summed E-state index contributed by atoms with van der Waals surface area (Å²) in [6.07, 6.45) is -8.37. The molecule has 0 amide bonds. The average Bonchev–Trinajstić information content (AvgIpc) is 3.48. The number of benzene rings is 3. The fourth-order valence-corrected chi connectivity index (χ4v) is 6.52. The highest BCUT2D eigenvalue weighted by Crippen LogP contribution is 2.40. The summed E-state index contributed by atoms with van der Waals surface area (Å²) in [6, 6.07) is 25.5. The number of carbonyl (C=O) groups is 3. The molecular formula is C39H41NO12. The van der Waals surface area contributed by atoms with Crippen LogP contribution in [0.5, 0.6) is 0 Å². The summed E-state index contributed by atoms with van der Waals surface area (Å²) in [5.41, 5.74) is 1.41. The maximum atomic E-state index is 13.5. The van der Waals surface area contributed by atoms with Gasteiger partial charge in [0.25, 0.3) is 0 Å². The predicted octanol–water partition coefficient (Wildman–Crippen LogP) is 4.51. The molecule has 3 aromatic carbocycles. The summed E-state index contributed by atoms with van der Waals surface area (Å²) in [5.74, 6) is -2.96. The van der Waals surface area contributed by atoms with Crippen molar-refractivity contribution in [2.75, 3.05) is 13.7 Å². The molecule has 3 fully saturated rings. The number of methoxy groups -OCH3 is 1. The SMILES string of the molecule is CO[C@@H]1O[C@@H](C)[C@H](O[C@@H]2O[C@H](COC(=O)Cc3ccccc3C#N)C[C@H](OC(=O)c3ccccc3)[C@H]2OC(=O)c2ccccc2)[C@H]2OC(C)(C)O[C@@H]12. The van der Waals surface area contributed by atoms with Crippen LogP contribution in [-0.4, -0.2) is 92.7 Å². The standard InChI is InChI=1S/C39H41NO12/c1-23-31(33-34(37(44-4)46-23)52-39(2,3)51-33)50-38-32(49-36(43)25-15-9-6-10-16-25)29(48-35(42)24-13-7-5-8-14-24)20-28(47-38)22-45-30(41)19-26-17-11-12-18-27(26)21-40/h5-18,23,28-29,31-34,37-38H,19-20,22H2,1-4H3/t23-,28-,29-,31-,32+,33+,34+,37+,38-/m0/s1. The van der Waals surface area contributed by atoms with Gasteiger partial charge in [0, 0.05) is 13.5 Å². The van der Waals surface area contributed by atoms with Crippen molar-refractivity contribution in [3.05, 3.63) is 107 Å². The van der Waals surface area contributed by atoms with Crippen molar-refractivity contribution < 1.29 is 57.0 Å². The Balaban J connectivity index is 1.29. The number of rotatable bonds is 11. The summed E-state index contributed by atoms with van der Waals surface area (Å²) in [6.45, 7) is 5.05. The van der Waals surface area contributed by atoms with Gasteiger partial charge >= 0.3 is 17.9 Å². The monoisotopic (exact) mass is 715 g/mol. The second kappa shape index (κ2) is 16.3. The quantitative estimate of drug-likeness (QED) is 0.202. The molecule has 52 heavy (non-hydrogen) atoms. The van der Waals surface area contributed by atoms with Crippen molar-refractivity contribution in [2.45, 2.75) is 94.7 Å². The van der Waals surface area contributed by atoms with Crippen LogP contribution in [0, 0.1) is 11.3 Å². The summed E-state index contributed by atoms with van der Waals surface area (Å²) >= 11 is 0. The van der Waals surface area contributed by atoms with Gasteiger partial charge in [0.05, 0.1) is 41.4 Å². The fourth-order valence-electron chi connectivity index (χ4n) is 6.52. The molecule has 3 aromatic rings. The molecule has 0 saturated carbocycles. The van der Waals surface area contributed by atoms with E-state index in [0.717, 1.165) is 0 Å². The molecule has 0 unspecified atom stereocenters. The van der Waals surface area contributed by atoms with Crippen LogP contribution in [-0.2, 0) is 53.8 Å². The normalized spacial score (nSPS) is 29.2. The van der Waals surface area contributed by atoms with Crippen LogP contribution < -0.4 is 0 Å². The predicted molar refractivity (Wildman–Crippen MR) is 180 cm³/mol. The molecule has 3 heterocycles. The summed E-state index contributed by atoms with van der Waals surface area (Å²) < 4.78 is 54.8. The van der Waals surface area contributed by atoms with Gasteiger partial charge in [-0.1, -0.05) is 54.6 Å². The number of carbonyl (C=O) groups excluding carboxylic acids is 3. The Morgan fingerprint density at radius 3 is 2.08 bits per heavy atom. The molecule has 0 aliphatic carbocycles. The maximum Gasteiger partial charge on any atom is 0.338 e. The van der Waals surface area contributed by atoms with E-state index in [1.54, 1.807) is 106 Å². The molecule has 0 aromatic heterocycles. The van der Waals surface area contributed by atoms with E-state index in [-0.39, 0.29) is 30.6 Å². The highest BCUT2D eigenvalue weighted by Gasteiger charge is 2.57. The second-order valence-corrected chi connectivity index (χ2v) is 13.1. The van der Waals surface area contributed by atoms with Crippen LogP contribution >= 0.6 is 0 Å². The Morgan fingerprint density at radius 2 is 1.42 bits per heavy atom. The van der Waals surface area contributed by atoms with Crippen LogP contribution in [0.3, 0.4) is 0 Å². The molecule has 6 rings (SSSR count). The lowest BCUT2D eigenvalue weighted by molar-refractivity contribution is -0.329. The molecule has 0 N–H and O–H groups in total. The van der Waals surface area contributed by atoms with Gasteiger partial charge in [-0.3, -0.25) is 4.79 Å². The number of nitrogens with zero attached hydrogens (tertiary/aromatic N) is 1. The Kier molecular flexibility index (Phi) is 11.6. The molecule has 274 valence electrons. The topological polar surface area (TPSA) is 158 Å². The zero-order chi connectivity index (χ0) is 36.8. The number of ether oxygens (including phenoxy) is 9. The summed E-state index contributed by atoms with van der Waals surface area (Å²) in [4.78, 5) is 40.0. The first kappa shape index (κ1) is 37.1. The van der Waals surface area contributed by atoms with Crippen molar-refractivity contribution in [1.29, 1.82) is 5.26 Å². The molecule has 0 spiro atoms. The lowest BCUT2D eigenvalue weighted by Crippen LogP contribution is -2.61. The van der Waals surface area contributed by atoms with Gasteiger partial charge in [0.2, 0.25) is 0 Å². The molecule has 13 nitrogen and oxygen atoms in total. The number of esters is 3. The van der Waals surface area contributed by atoms with Gasteiger partial charge in [0.1, 0.15) is 31.0 Å². The number of hydrogen-bond acceptors (Lipinski definition) is 13. The van der Waals surface area contributed by atoms with Gasteiger partial charge in [-0.2, -0.15) is 5.26 Å². The fraction of sp³-hybridized carbons (Fsp3) is 0.436. The highest BCUT2D eigenvalue weighted by atomic mass is 16.8. The lowest BCUT2D eigenvalue weighted by atomic mass is 9.98. The summed E-state index contributed by atoms with van der Waals surface area (Å²) in [7, 11) is 1.50. The largest absolute Gasteiger partial charge is 0.463 e. The Hall–Kier alpha value is -4.68. The molecule has 0 radical (unpaired) electrons. The first-order valence-corrected chi connectivity index (χ1v) is 17.1.